The molecule has 0 unspecified atom stereocenters. The Bertz CT molecular complexity index is 3080. The van der Waals surface area contributed by atoms with E-state index in [0.717, 1.165) is 83.0 Å². The maximum Gasteiger partial charge on any atom is 0.338 e. The number of hydrogen-bond acceptors (Lipinski definition) is 5. The van der Waals surface area contributed by atoms with Crippen LogP contribution in [0.2, 0.25) is 0 Å². The van der Waals surface area contributed by atoms with Crippen molar-refractivity contribution in [2.45, 2.75) is 289 Å². The van der Waals surface area contributed by atoms with Crippen LogP contribution in [0.4, 0.5) is 0 Å². The summed E-state index contributed by atoms with van der Waals surface area (Å²) in [5.41, 5.74) is 8.61. The molecule has 0 aliphatic carbocycles. The summed E-state index contributed by atoms with van der Waals surface area (Å²) < 4.78 is 16.8. The molecule has 0 fully saturated rings. The topological polar surface area (TPSA) is 65.0 Å². The third-order valence-corrected chi connectivity index (χ3v) is 18.4. The summed E-state index contributed by atoms with van der Waals surface area (Å²) in [5, 5.41) is 11.7. The Morgan fingerprint density at radius 2 is 0.573 bits per heavy atom. The largest absolute Gasteiger partial charge is 0.507 e. The van der Waals surface area contributed by atoms with Gasteiger partial charge in [-0.3, -0.25) is 0 Å². The fraction of sp³-hybridized carbons (Fsp3) is 0.527. The molecule has 12 rings (SSSR count). The van der Waals surface area contributed by atoms with Gasteiger partial charge in [0.1, 0.15) is 31.2 Å². The van der Waals surface area contributed by atoms with E-state index in [-0.39, 0.29) is 12.4 Å². The van der Waals surface area contributed by atoms with Crippen LogP contribution >= 0.6 is 0 Å². The smallest absolute Gasteiger partial charge is 0.338 e. The molecule has 96 heavy (non-hydrogen) atoms. The molecular weight excluding hydrogens is 1170 g/mol. The Balaban J connectivity index is 0.857. The summed E-state index contributed by atoms with van der Waals surface area (Å²) in [6.07, 6.45) is 63.4. The van der Waals surface area contributed by atoms with Gasteiger partial charge in [0.2, 0.25) is 0 Å². The number of rotatable bonds is 2. The van der Waals surface area contributed by atoms with Crippen LogP contribution in [0, 0.1) is 71.4 Å². The molecule has 0 amide bonds. The molecule has 510 valence electrons. The third kappa shape index (κ3) is 35.9. The maximum absolute atomic E-state index is 13.1. The number of phenols is 1. The molecule has 0 saturated carbocycles. The fourth-order valence-corrected chi connectivity index (χ4v) is 12.5. The lowest BCUT2D eigenvalue weighted by Gasteiger charge is -2.14. The van der Waals surface area contributed by atoms with E-state index in [9.17, 15) is 9.90 Å². The first-order chi connectivity index (χ1) is 47.6. The zero-order chi connectivity index (χ0) is 67.1. The average Bonchev–Trinajstić information content (AvgIpc) is 0.797. The highest BCUT2D eigenvalue weighted by molar-refractivity contribution is 5.96. The molecule has 5 nitrogen and oxygen atoms in total. The monoisotopic (exact) mass is 1290 g/mol. The van der Waals surface area contributed by atoms with E-state index in [0.29, 0.717) is 29.9 Å². The molecule has 0 atom stereocenters. The Morgan fingerprint density at radius 3 is 0.854 bits per heavy atom. The summed E-state index contributed by atoms with van der Waals surface area (Å²) in [5.74, 6) is 31.7. The number of benzene rings is 5. The molecule has 7 heterocycles. The molecular formula is C91H116O5. The summed E-state index contributed by atoms with van der Waals surface area (Å²) in [4.78, 5) is 13.1. The van der Waals surface area contributed by atoms with Crippen LogP contribution in [0.1, 0.15) is 333 Å². The second-order valence-corrected chi connectivity index (χ2v) is 26.6. The van der Waals surface area contributed by atoms with Crippen LogP contribution in [0.3, 0.4) is 0 Å². The lowest BCUT2D eigenvalue weighted by molar-refractivity contribution is 0.0526. The van der Waals surface area contributed by atoms with Gasteiger partial charge < -0.3 is 19.3 Å². The van der Waals surface area contributed by atoms with Gasteiger partial charge in [-0.25, -0.2) is 4.79 Å². The molecule has 10 bridgehead atoms. The first-order valence-corrected chi connectivity index (χ1v) is 38.3. The highest BCUT2D eigenvalue weighted by Gasteiger charge is 2.18. The van der Waals surface area contributed by atoms with Crippen molar-refractivity contribution in [3.63, 3.8) is 0 Å². The minimum atomic E-state index is -0.441. The Labute approximate surface area is 583 Å². The molecule has 0 aromatic heterocycles. The van der Waals surface area contributed by atoms with E-state index >= 15 is 0 Å². The molecule has 0 radical (unpaired) electrons. The van der Waals surface area contributed by atoms with Crippen molar-refractivity contribution in [3.8, 4) is 99.4 Å². The van der Waals surface area contributed by atoms with Crippen molar-refractivity contribution in [2.75, 3.05) is 19.8 Å². The lowest BCUT2D eigenvalue weighted by atomic mass is 9.93. The van der Waals surface area contributed by atoms with E-state index in [1.54, 1.807) is 19.1 Å². The number of aromatic hydroxyl groups is 1. The van der Waals surface area contributed by atoms with Gasteiger partial charge in [0.15, 0.2) is 0 Å². The van der Waals surface area contributed by atoms with Gasteiger partial charge in [-0.05, 0) is 152 Å². The number of ether oxygens (including phenoxy) is 3. The maximum atomic E-state index is 13.1. The minimum absolute atomic E-state index is 0.0841. The van der Waals surface area contributed by atoms with Crippen LogP contribution in [0.5, 0.6) is 5.75 Å². The normalized spacial score (nSPS) is 17.1. The van der Waals surface area contributed by atoms with Gasteiger partial charge in [-0.15, -0.1) is 0 Å². The minimum Gasteiger partial charge on any atom is -0.507 e. The quantitative estimate of drug-likeness (QED) is 0.141. The number of esters is 1. The van der Waals surface area contributed by atoms with Crippen LogP contribution in [-0.4, -0.2) is 30.9 Å². The third-order valence-electron chi connectivity index (χ3n) is 18.4. The van der Waals surface area contributed by atoms with Gasteiger partial charge in [0, 0.05) is 57.3 Å². The summed E-state index contributed by atoms with van der Waals surface area (Å²) >= 11 is 0. The molecule has 0 saturated heterocycles. The van der Waals surface area contributed by atoms with Gasteiger partial charge >= 0.3 is 5.97 Å². The van der Waals surface area contributed by atoms with E-state index in [1.807, 2.05) is 72.8 Å². The van der Waals surface area contributed by atoms with E-state index in [2.05, 4.69) is 95.7 Å². The van der Waals surface area contributed by atoms with Crippen molar-refractivity contribution < 1.29 is 24.1 Å². The van der Waals surface area contributed by atoms with E-state index < -0.39 is 5.97 Å². The molecule has 7 aliphatic heterocycles. The highest BCUT2D eigenvalue weighted by atomic mass is 16.5. The number of carbonyl (C=O) groups excluding carboxylic acids is 1. The predicted octanol–water partition coefficient (Wildman–Crippen LogP) is 24.5. The molecule has 5 aromatic rings. The second-order valence-electron chi connectivity index (χ2n) is 26.6. The number of phenolic OH excluding ortho intramolecular Hbond substituents is 1. The molecule has 5 heteroatoms. The standard InChI is InChI=1S/C91H116O5/c1-2-96-91(93)87-77-88-85-67-63-83(64-68-85)71-75-94-73-49-43-39-35-31-27-23-19-15-11-7-3-5-9-13-17-21-25-29-33-37-41-45-51-79-55-59-81(60-56-79)53-47-48-54-82-61-57-80(58-62-82)52-46-42-38-34-30-26-22-18-14-10-6-4-8-12-16-20-24-28-32-36-40-44-50-74-95-76-72-84-65-69-86(70-66-84)89(78-87)90(88)92/h55-70,77-78,92H,2-44,49-50,73-74H2,1H3. The van der Waals surface area contributed by atoms with Crippen LogP contribution in [0.25, 0.3) is 22.3 Å². The number of hydrogen-bond donors (Lipinski definition) is 1. The summed E-state index contributed by atoms with van der Waals surface area (Å²) in [6.45, 7) is 3.30. The average molecular weight is 1290 g/mol. The molecule has 7 aliphatic rings. The Hall–Kier alpha value is -7.67. The van der Waals surface area contributed by atoms with Gasteiger partial charge in [-0.1, -0.05) is 304 Å². The highest BCUT2D eigenvalue weighted by Crippen LogP contribution is 2.40. The van der Waals surface area contributed by atoms with Crippen LogP contribution in [0.15, 0.2) is 109 Å². The SMILES string of the molecule is CCOC(=O)c1cc2c(O)c(c1)-c1ccc(cc1)C#COCCCCCCCCCCCCCCCCCCCCCCCC#Cc1ccc(cc1)C#CC#Cc1ccc(cc1)C#CCCCCCCCCCCCCCCCCCCCCCCCOC#Cc1ccc-2cc1. The van der Waals surface area contributed by atoms with Crippen molar-refractivity contribution in [3.05, 3.63) is 148 Å². The Kier molecular flexibility index (Phi) is 42.3. The fourth-order valence-electron chi connectivity index (χ4n) is 12.5. The summed E-state index contributed by atoms with van der Waals surface area (Å²) in [6, 6.07) is 35.1. The lowest BCUT2D eigenvalue weighted by Crippen LogP contribution is -2.05. The van der Waals surface area contributed by atoms with Crippen LogP contribution in [-0.2, 0) is 14.2 Å². The molecule has 5 aromatic carbocycles. The van der Waals surface area contributed by atoms with Crippen molar-refractivity contribution in [2.24, 2.45) is 0 Å². The first kappa shape index (κ1) is 77.3. The second kappa shape index (κ2) is 52.5. The zero-order valence-electron chi connectivity index (χ0n) is 59.2. The Morgan fingerprint density at radius 1 is 0.333 bits per heavy atom. The van der Waals surface area contributed by atoms with Gasteiger partial charge in [0.05, 0.1) is 12.2 Å². The van der Waals surface area contributed by atoms with E-state index in [1.165, 1.54) is 244 Å². The zero-order valence-corrected chi connectivity index (χ0v) is 59.2. The van der Waals surface area contributed by atoms with E-state index in [4.69, 9.17) is 14.2 Å². The summed E-state index contributed by atoms with van der Waals surface area (Å²) in [7, 11) is 0. The predicted molar refractivity (Wildman–Crippen MR) is 404 cm³/mol. The number of carbonyl (C=O) groups is 1. The van der Waals surface area contributed by atoms with Crippen molar-refractivity contribution in [1.29, 1.82) is 0 Å². The van der Waals surface area contributed by atoms with Gasteiger partial charge in [-0.2, -0.15) is 0 Å². The van der Waals surface area contributed by atoms with Crippen molar-refractivity contribution in [1.82, 2.24) is 0 Å². The molecule has 0 spiro atoms. The van der Waals surface area contributed by atoms with Gasteiger partial charge in [0.25, 0.3) is 0 Å². The van der Waals surface area contributed by atoms with Crippen molar-refractivity contribution >= 4 is 5.97 Å². The first-order valence-electron chi connectivity index (χ1n) is 38.3. The molecule has 1 N–H and O–H groups in total. The van der Waals surface area contributed by atoms with Crippen LogP contribution < -0.4 is 0 Å².